The smallest absolute Gasteiger partial charge is 0.193 e. The van der Waals surface area contributed by atoms with Crippen molar-refractivity contribution in [3.05, 3.63) is 0 Å². The molecule has 0 radical (unpaired) electrons. The van der Waals surface area contributed by atoms with Crippen molar-refractivity contribution in [3.63, 3.8) is 0 Å². The van der Waals surface area contributed by atoms with E-state index in [4.69, 9.17) is 14.2 Å². The molecule has 6 nitrogen and oxygen atoms in total. The topological polar surface area (TPSA) is 55.3 Å². The summed E-state index contributed by atoms with van der Waals surface area (Å²) < 4.78 is 16.8. The fourth-order valence-electron chi connectivity index (χ4n) is 3.78. The fourth-order valence-corrected chi connectivity index (χ4v) is 3.78. The van der Waals surface area contributed by atoms with Crippen LogP contribution in [-0.4, -0.2) is 76.7 Å². The van der Waals surface area contributed by atoms with E-state index in [1.165, 1.54) is 19.3 Å². The molecule has 1 N–H and O–H groups in total. The monoisotopic (exact) mass is 325 g/mol. The molecule has 2 unspecified atom stereocenters. The largest absolute Gasteiger partial charge is 0.381 e. The predicted octanol–water partition coefficient (Wildman–Crippen LogP) is 1.26. The first-order valence-corrected chi connectivity index (χ1v) is 9.04. The van der Waals surface area contributed by atoms with Crippen LogP contribution >= 0.6 is 0 Å². The second-order valence-electron chi connectivity index (χ2n) is 7.01. The number of nitrogens with zero attached hydrogens (tertiary/aromatic N) is 2. The SMILES string of the molecule is CN=C(NCCCOCC1CCCO1)N1CCC2(CCOC2)C1. The standard InChI is InChI=1S/C17H31N3O3/c1-18-16(20-8-5-17(13-20)6-11-22-14-17)19-7-3-9-21-12-15-4-2-10-23-15/h15H,2-14H2,1H3,(H,18,19). The van der Waals surface area contributed by atoms with E-state index in [0.29, 0.717) is 11.5 Å². The van der Waals surface area contributed by atoms with E-state index in [0.717, 1.165) is 71.5 Å². The van der Waals surface area contributed by atoms with Crippen LogP contribution in [0.1, 0.15) is 32.1 Å². The first kappa shape index (κ1) is 17.0. The van der Waals surface area contributed by atoms with Gasteiger partial charge < -0.3 is 24.4 Å². The van der Waals surface area contributed by atoms with Crippen molar-refractivity contribution >= 4 is 5.96 Å². The Morgan fingerprint density at radius 3 is 3.09 bits per heavy atom. The van der Waals surface area contributed by atoms with Gasteiger partial charge in [0.25, 0.3) is 0 Å². The van der Waals surface area contributed by atoms with Crippen molar-refractivity contribution in [2.75, 3.05) is 59.7 Å². The summed E-state index contributed by atoms with van der Waals surface area (Å²) in [6.07, 6.45) is 6.05. The summed E-state index contributed by atoms with van der Waals surface area (Å²) in [5.41, 5.74) is 0.377. The molecule has 0 aromatic carbocycles. The molecule has 0 saturated carbocycles. The van der Waals surface area contributed by atoms with Crippen LogP contribution in [0.3, 0.4) is 0 Å². The third kappa shape index (κ3) is 4.58. The maximum absolute atomic E-state index is 5.70. The molecule has 3 saturated heterocycles. The van der Waals surface area contributed by atoms with Crippen molar-refractivity contribution < 1.29 is 14.2 Å². The number of ether oxygens (including phenoxy) is 3. The summed E-state index contributed by atoms with van der Waals surface area (Å²) in [5.74, 6) is 1.02. The van der Waals surface area contributed by atoms with E-state index in [-0.39, 0.29) is 0 Å². The van der Waals surface area contributed by atoms with Crippen LogP contribution in [0, 0.1) is 5.41 Å². The van der Waals surface area contributed by atoms with Crippen LogP contribution < -0.4 is 5.32 Å². The van der Waals surface area contributed by atoms with Crippen molar-refractivity contribution in [3.8, 4) is 0 Å². The summed E-state index contributed by atoms with van der Waals surface area (Å²) in [4.78, 5) is 6.81. The van der Waals surface area contributed by atoms with E-state index in [9.17, 15) is 0 Å². The molecule has 3 rings (SSSR count). The Labute approximate surface area is 139 Å². The third-order valence-corrected chi connectivity index (χ3v) is 5.21. The average Bonchev–Trinajstić information content (AvgIpc) is 3.31. The number of likely N-dealkylation sites (tertiary alicyclic amines) is 1. The molecular formula is C17H31N3O3. The summed E-state index contributed by atoms with van der Waals surface area (Å²) in [5, 5.41) is 3.47. The van der Waals surface area contributed by atoms with Gasteiger partial charge in [-0.3, -0.25) is 4.99 Å². The Bertz CT molecular complexity index is 391. The lowest BCUT2D eigenvalue weighted by Crippen LogP contribution is -2.42. The Kier molecular flexibility index (Phi) is 6.14. The van der Waals surface area contributed by atoms with Gasteiger partial charge in [0.15, 0.2) is 5.96 Å². The number of nitrogens with one attached hydrogen (secondary N) is 1. The molecule has 3 fully saturated rings. The van der Waals surface area contributed by atoms with Crippen molar-refractivity contribution in [1.82, 2.24) is 10.2 Å². The van der Waals surface area contributed by atoms with E-state index in [1.54, 1.807) is 0 Å². The van der Waals surface area contributed by atoms with Gasteiger partial charge in [0.1, 0.15) is 0 Å². The molecular weight excluding hydrogens is 294 g/mol. The number of guanidine groups is 1. The minimum absolute atomic E-state index is 0.324. The van der Waals surface area contributed by atoms with Gasteiger partial charge in [-0.2, -0.15) is 0 Å². The Balaban J connectivity index is 1.29. The van der Waals surface area contributed by atoms with Gasteiger partial charge in [-0.25, -0.2) is 0 Å². The van der Waals surface area contributed by atoms with E-state index >= 15 is 0 Å². The van der Waals surface area contributed by atoms with Crippen molar-refractivity contribution in [1.29, 1.82) is 0 Å². The molecule has 0 aromatic heterocycles. The predicted molar refractivity (Wildman–Crippen MR) is 89.8 cm³/mol. The van der Waals surface area contributed by atoms with Crippen LogP contribution in [-0.2, 0) is 14.2 Å². The van der Waals surface area contributed by atoms with Crippen molar-refractivity contribution in [2.45, 2.75) is 38.2 Å². The van der Waals surface area contributed by atoms with Crippen LogP contribution in [0.2, 0.25) is 0 Å². The second-order valence-corrected chi connectivity index (χ2v) is 7.01. The molecule has 3 heterocycles. The van der Waals surface area contributed by atoms with Gasteiger partial charge in [0.05, 0.1) is 19.3 Å². The molecule has 3 aliphatic rings. The molecule has 1 spiro atoms. The molecule has 0 aliphatic carbocycles. The summed E-state index contributed by atoms with van der Waals surface area (Å²) in [6.45, 7) is 7.30. The van der Waals surface area contributed by atoms with Crippen LogP contribution in [0.25, 0.3) is 0 Å². The Morgan fingerprint density at radius 2 is 2.35 bits per heavy atom. The number of rotatable bonds is 6. The third-order valence-electron chi connectivity index (χ3n) is 5.21. The number of aliphatic imine (C=N–C) groups is 1. The zero-order chi connectivity index (χ0) is 16.0. The van der Waals surface area contributed by atoms with Gasteiger partial charge in [0, 0.05) is 51.9 Å². The lowest BCUT2D eigenvalue weighted by molar-refractivity contribution is 0.0168. The molecule has 0 aromatic rings. The van der Waals surface area contributed by atoms with Gasteiger partial charge in [-0.15, -0.1) is 0 Å². The van der Waals surface area contributed by atoms with Crippen LogP contribution in [0.5, 0.6) is 0 Å². The average molecular weight is 325 g/mol. The molecule has 0 amide bonds. The van der Waals surface area contributed by atoms with Crippen LogP contribution in [0.15, 0.2) is 4.99 Å². The zero-order valence-corrected chi connectivity index (χ0v) is 14.4. The lowest BCUT2D eigenvalue weighted by Gasteiger charge is -2.25. The highest BCUT2D eigenvalue weighted by molar-refractivity contribution is 5.80. The fraction of sp³-hybridized carbons (Fsp3) is 0.941. The molecule has 2 atom stereocenters. The molecule has 3 aliphatic heterocycles. The minimum atomic E-state index is 0.324. The van der Waals surface area contributed by atoms with Gasteiger partial charge in [-0.05, 0) is 32.1 Å². The van der Waals surface area contributed by atoms with Crippen LogP contribution in [0.4, 0.5) is 0 Å². The van der Waals surface area contributed by atoms with E-state index in [1.807, 2.05) is 7.05 Å². The molecule has 0 bridgehead atoms. The Hall–Kier alpha value is -0.850. The zero-order valence-electron chi connectivity index (χ0n) is 14.4. The maximum atomic E-state index is 5.70. The number of hydrogen-bond donors (Lipinski definition) is 1. The minimum Gasteiger partial charge on any atom is -0.381 e. The Morgan fingerprint density at radius 1 is 1.39 bits per heavy atom. The van der Waals surface area contributed by atoms with E-state index < -0.39 is 0 Å². The summed E-state index contributed by atoms with van der Waals surface area (Å²) in [7, 11) is 1.87. The lowest BCUT2D eigenvalue weighted by atomic mass is 9.87. The first-order valence-electron chi connectivity index (χ1n) is 9.04. The van der Waals surface area contributed by atoms with Crippen molar-refractivity contribution in [2.24, 2.45) is 10.4 Å². The highest BCUT2D eigenvalue weighted by atomic mass is 16.5. The first-order chi connectivity index (χ1) is 11.3. The second kappa shape index (κ2) is 8.31. The maximum Gasteiger partial charge on any atom is 0.193 e. The van der Waals surface area contributed by atoms with Gasteiger partial charge >= 0.3 is 0 Å². The highest BCUT2D eigenvalue weighted by Gasteiger charge is 2.42. The van der Waals surface area contributed by atoms with E-state index in [2.05, 4.69) is 15.2 Å². The molecule has 6 heteroatoms. The molecule has 23 heavy (non-hydrogen) atoms. The summed E-state index contributed by atoms with van der Waals surface area (Å²) in [6, 6.07) is 0. The summed E-state index contributed by atoms with van der Waals surface area (Å²) >= 11 is 0. The number of hydrogen-bond acceptors (Lipinski definition) is 4. The van der Waals surface area contributed by atoms with Gasteiger partial charge in [-0.1, -0.05) is 0 Å². The quantitative estimate of drug-likeness (QED) is 0.453. The molecule has 132 valence electrons. The normalized spacial score (nSPS) is 31.4. The highest BCUT2D eigenvalue weighted by Crippen LogP contribution is 2.38. The van der Waals surface area contributed by atoms with Gasteiger partial charge in [0.2, 0.25) is 0 Å².